The maximum atomic E-state index is 5.85. The summed E-state index contributed by atoms with van der Waals surface area (Å²) >= 11 is 0. The molecule has 1 heterocycles. The zero-order valence-electron chi connectivity index (χ0n) is 12.6. The highest BCUT2D eigenvalue weighted by atomic mass is 15.1. The largest absolute Gasteiger partial charge is 0.384 e. The lowest BCUT2D eigenvalue weighted by atomic mass is 9.88. The van der Waals surface area contributed by atoms with Crippen LogP contribution in [-0.2, 0) is 5.41 Å². The number of nitrogens with zero attached hydrogens (tertiary/aromatic N) is 2. The molecule has 0 saturated carbocycles. The maximum absolute atomic E-state index is 5.85. The van der Waals surface area contributed by atoms with E-state index < -0.39 is 0 Å². The van der Waals surface area contributed by atoms with Crippen molar-refractivity contribution in [3.05, 3.63) is 11.9 Å². The van der Waals surface area contributed by atoms with Gasteiger partial charge in [-0.05, 0) is 12.3 Å². The Morgan fingerprint density at radius 2 is 1.67 bits per heavy atom. The van der Waals surface area contributed by atoms with Crippen molar-refractivity contribution in [1.29, 1.82) is 0 Å². The zero-order chi connectivity index (χ0) is 14.1. The van der Waals surface area contributed by atoms with Crippen LogP contribution < -0.4 is 11.1 Å². The van der Waals surface area contributed by atoms with E-state index in [0.717, 1.165) is 11.6 Å². The van der Waals surface area contributed by atoms with E-state index in [1.54, 1.807) is 6.07 Å². The Morgan fingerprint density at radius 1 is 1.11 bits per heavy atom. The topological polar surface area (TPSA) is 63.8 Å². The summed E-state index contributed by atoms with van der Waals surface area (Å²) < 4.78 is 0. The van der Waals surface area contributed by atoms with Gasteiger partial charge >= 0.3 is 0 Å². The molecule has 0 aliphatic heterocycles. The van der Waals surface area contributed by atoms with Gasteiger partial charge in [0, 0.05) is 17.5 Å². The molecule has 102 valence electrons. The van der Waals surface area contributed by atoms with E-state index in [4.69, 9.17) is 5.73 Å². The molecule has 0 aromatic carbocycles. The molecule has 0 radical (unpaired) electrons. The normalized spacial score (nSPS) is 14.4. The van der Waals surface area contributed by atoms with Crippen molar-refractivity contribution < 1.29 is 0 Å². The van der Waals surface area contributed by atoms with Gasteiger partial charge in [-0.2, -0.15) is 0 Å². The fraction of sp³-hybridized carbons (Fsp3) is 0.714. The second-order valence-corrected chi connectivity index (χ2v) is 6.98. The van der Waals surface area contributed by atoms with E-state index in [1.807, 2.05) is 0 Å². The van der Waals surface area contributed by atoms with Crippen LogP contribution in [0.1, 0.15) is 54.3 Å². The summed E-state index contributed by atoms with van der Waals surface area (Å²) in [4.78, 5) is 8.86. The highest BCUT2D eigenvalue weighted by molar-refractivity contribution is 5.46. The standard InChI is InChI=1S/C14H26N4/c1-9(13(2,3)4)16-11-8-10(15)17-12(18-11)14(5,6)7/h8-9H,1-7H3,(H3,15,16,17,18). The number of nitrogen functional groups attached to an aromatic ring is 1. The SMILES string of the molecule is CC(Nc1cc(N)nc(C(C)(C)C)n1)C(C)(C)C. The van der Waals surface area contributed by atoms with E-state index in [0.29, 0.717) is 11.9 Å². The lowest BCUT2D eigenvalue weighted by Crippen LogP contribution is -2.31. The maximum Gasteiger partial charge on any atom is 0.138 e. The van der Waals surface area contributed by atoms with Crippen molar-refractivity contribution in [1.82, 2.24) is 9.97 Å². The summed E-state index contributed by atoms with van der Waals surface area (Å²) in [6, 6.07) is 2.09. The summed E-state index contributed by atoms with van der Waals surface area (Å²) in [6.45, 7) is 15.0. The molecule has 0 bridgehead atoms. The minimum absolute atomic E-state index is 0.100. The van der Waals surface area contributed by atoms with Crippen molar-refractivity contribution in [2.75, 3.05) is 11.1 Å². The van der Waals surface area contributed by atoms with Crippen LogP contribution in [0.3, 0.4) is 0 Å². The third-order valence-electron chi connectivity index (χ3n) is 3.08. The third kappa shape index (κ3) is 3.86. The predicted octanol–water partition coefficient (Wildman–Crippen LogP) is 3.20. The molecule has 0 fully saturated rings. The molecule has 1 aromatic rings. The Bertz CT molecular complexity index is 413. The number of rotatable bonds is 2. The molecule has 4 heteroatoms. The van der Waals surface area contributed by atoms with Crippen LogP contribution in [-0.4, -0.2) is 16.0 Å². The summed E-state index contributed by atoms with van der Waals surface area (Å²) in [7, 11) is 0. The first-order chi connectivity index (χ1) is 8.00. The number of anilines is 2. The predicted molar refractivity (Wildman–Crippen MR) is 77.7 cm³/mol. The Morgan fingerprint density at radius 3 is 2.11 bits per heavy atom. The van der Waals surface area contributed by atoms with Gasteiger partial charge in [0.05, 0.1) is 0 Å². The Hall–Kier alpha value is -1.32. The monoisotopic (exact) mass is 250 g/mol. The van der Waals surface area contributed by atoms with Crippen LogP contribution in [0.5, 0.6) is 0 Å². The van der Waals surface area contributed by atoms with Crippen LogP contribution in [0, 0.1) is 5.41 Å². The van der Waals surface area contributed by atoms with Crippen molar-refractivity contribution in [2.24, 2.45) is 5.41 Å². The van der Waals surface area contributed by atoms with E-state index in [1.165, 1.54) is 0 Å². The van der Waals surface area contributed by atoms with Gasteiger partial charge in [0.1, 0.15) is 17.5 Å². The average molecular weight is 250 g/mol. The van der Waals surface area contributed by atoms with Gasteiger partial charge in [0.25, 0.3) is 0 Å². The van der Waals surface area contributed by atoms with Crippen molar-refractivity contribution >= 4 is 11.6 Å². The number of hydrogen-bond donors (Lipinski definition) is 2. The highest BCUT2D eigenvalue weighted by Gasteiger charge is 2.22. The summed E-state index contributed by atoms with van der Waals surface area (Å²) in [5.74, 6) is 2.08. The van der Waals surface area contributed by atoms with Gasteiger partial charge < -0.3 is 11.1 Å². The molecule has 1 aromatic heterocycles. The summed E-state index contributed by atoms with van der Waals surface area (Å²) in [6.07, 6.45) is 0. The van der Waals surface area contributed by atoms with E-state index >= 15 is 0 Å². The minimum Gasteiger partial charge on any atom is -0.384 e. The molecular formula is C14H26N4. The fourth-order valence-electron chi connectivity index (χ4n) is 1.31. The molecule has 0 spiro atoms. The third-order valence-corrected chi connectivity index (χ3v) is 3.08. The first-order valence-corrected chi connectivity index (χ1v) is 6.42. The average Bonchev–Trinajstić information content (AvgIpc) is 2.13. The second-order valence-electron chi connectivity index (χ2n) is 6.98. The van der Waals surface area contributed by atoms with Gasteiger partial charge in [-0.25, -0.2) is 9.97 Å². The van der Waals surface area contributed by atoms with Gasteiger partial charge in [-0.1, -0.05) is 41.5 Å². The number of nitrogens with one attached hydrogen (secondary N) is 1. The molecule has 4 nitrogen and oxygen atoms in total. The minimum atomic E-state index is -0.100. The first-order valence-electron chi connectivity index (χ1n) is 6.42. The quantitative estimate of drug-likeness (QED) is 0.846. The molecule has 1 atom stereocenters. The molecule has 1 rings (SSSR count). The first kappa shape index (κ1) is 14.7. The van der Waals surface area contributed by atoms with Gasteiger partial charge in [0.2, 0.25) is 0 Å². The fourth-order valence-corrected chi connectivity index (χ4v) is 1.31. The van der Waals surface area contributed by atoms with E-state index in [2.05, 4.69) is 63.8 Å². The number of nitrogens with two attached hydrogens (primary N) is 1. The van der Waals surface area contributed by atoms with Crippen molar-refractivity contribution in [3.63, 3.8) is 0 Å². The van der Waals surface area contributed by atoms with Crippen LogP contribution in [0.4, 0.5) is 11.6 Å². The lowest BCUT2D eigenvalue weighted by molar-refractivity contribution is 0.358. The molecular weight excluding hydrogens is 224 g/mol. The van der Waals surface area contributed by atoms with Crippen LogP contribution >= 0.6 is 0 Å². The smallest absolute Gasteiger partial charge is 0.138 e. The lowest BCUT2D eigenvalue weighted by Gasteiger charge is -2.29. The van der Waals surface area contributed by atoms with E-state index in [-0.39, 0.29) is 10.8 Å². The summed E-state index contributed by atoms with van der Waals surface area (Å²) in [5, 5.41) is 3.40. The van der Waals surface area contributed by atoms with Crippen LogP contribution in [0.2, 0.25) is 0 Å². The number of aromatic nitrogens is 2. The van der Waals surface area contributed by atoms with Gasteiger partial charge in [-0.3, -0.25) is 0 Å². The number of hydrogen-bond acceptors (Lipinski definition) is 4. The van der Waals surface area contributed by atoms with Crippen LogP contribution in [0.15, 0.2) is 6.07 Å². The molecule has 0 aliphatic carbocycles. The molecule has 0 aliphatic rings. The van der Waals surface area contributed by atoms with Crippen LogP contribution in [0.25, 0.3) is 0 Å². The van der Waals surface area contributed by atoms with Gasteiger partial charge in [-0.15, -0.1) is 0 Å². The molecule has 0 amide bonds. The Kier molecular flexibility index (Phi) is 3.89. The highest BCUT2D eigenvalue weighted by Crippen LogP contribution is 2.25. The van der Waals surface area contributed by atoms with Crippen molar-refractivity contribution in [2.45, 2.75) is 59.9 Å². The summed E-state index contributed by atoms with van der Waals surface area (Å²) in [5.41, 5.74) is 5.92. The zero-order valence-corrected chi connectivity index (χ0v) is 12.6. The Balaban J connectivity index is 3.01. The van der Waals surface area contributed by atoms with E-state index in [9.17, 15) is 0 Å². The Labute approximate surface area is 110 Å². The van der Waals surface area contributed by atoms with Crippen molar-refractivity contribution in [3.8, 4) is 0 Å². The molecule has 18 heavy (non-hydrogen) atoms. The molecule has 3 N–H and O–H groups in total. The molecule has 1 unspecified atom stereocenters. The second kappa shape index (κ2) is 4.75. The van der Waals surface area contributed by atoms with Gasteiger partial charge in [0.15, 0.2) is 0 Å². The molecule has 0 saturated heterocycles.